The molecule has 0 bridgehead atoms. The molecule has 1 heterocycles. The van der Waals surface area contributed by atoms with Crippen LogP contribution in [0.25, 0.3) is 0 Å². The molecule has 1 aliphatic heterocycles. The molecule has 1 fully saturated rings. The lowest BCUT2D eigenvalue weighted by Crippen LogP contribution is -2.39. The van der Waals surface area contributed by atoms with Gasteiger partial charge in [0.25, 0.3) is 0 Å². The molecule has 23 heavy (non-hydrogen) atoms. The largest absolute Gasteiger partial charge is 0.401 e. The zero-order valence-electron chi connectivity index (χ0n) is 14.0. The Morgan fingerprint density at radius 1 is 1.26 bits per heavy atom. The third-order valence-electron chi connectivity index (χ3n) is 4.53. The maximum atomic E-state index is 12.2. The van der Waals surface area contributed by atoms with E-state index in [-0.39, 0.29) is 6.04 Å². The minimum Gasteiger partial charge on any atom is -0.306 e. The number of hydrogen-bond donors (Lipinski definition) is 1. The van der Waals surface area contributed by atoms with Gasteiger partial charge in [-0.15, -0.1) is 0 Å². The first-order chi connectivity index (χ1) is 10.8. The fourth-order valence-electron chi connectivity index (χ4n) is 3.32. The van der Waals surface area contributed by atoms with Crippen molar-refractivity contribution in [2.24, 2.45) is 5.92 Å². The molecule has 2 nitrogen and oxygen atoms in total. The lowest BCUT2D eigenvalue weighted by molar-refractivity contribution is -0.126. The zero-order valence-corrected chi connectivity index (χ0v) is 14.0. The smallest absolute Gasteiger partial charge is 0.306 e. The Labute approximate surface area is 137 Å². The number of halogens is 3. The van der Waals surface area contributed by atoms with E-state index in [0.29, 0.717) is 5.92 Å². The van der Waals surface area contributed by atoms with Crippen molar-refractivity contribution in [3.63, 3.8) is 0 Å². The Hall–Kier alpha value is -1.07. The summed E-state index contributed by atoms with van der Waals surface area (Å²) in [5, 5.41) is 2.59. The third-order valence-corrected chi connectivity index (χ3v) is 4.53. The van der Waals surface area contributed by atoms with E-state index in [1.165, 1.54) is 11.1 Å². The molecule has 0 aromatic heterocycles. The topological polar surface area (TPSA) is 15.3 Å². The van der Waals surface area contributed by atoms with Crippen LogP contribution in [0.3, 0.4) is 0 Å². The van der Waals surface area contributed by atoms with Crippen LogP contribution in [0.1, 0.15) is 37.3 Å². The van der Waals surface area contributed by atoms with Crippen LogP contribution in [0.4, 0.5) is 13.2 Å². The second kappa shape index (κ2) is 8.15. The molecule has 1 aliphatic rings. The molecule has 1 atom stereocenters. The predicted molar refractivity (Wildman–Crippen MR) is 87.3 cm³/mol. The van der Waals surface area contributed by atoms with E-state index in [0.717, 1.165) is 38.9 Å². The molecule has 1 unspecified atom stereocenters. The maximum absolute atomic E-state index is 12.2. The van der Waals surface area contributed by atoms with Crippen molar-refractivity contribution in [1.82, 2.24) is 10.2 Å². The molecular weight excluding hydrogens is 301 g/mol. The van der Waals surface area contributed by atoms with Crippen molar-refractivity contribution in [2.75, 3.05) is 19.6 Å². The van der Waals surface area contributed by atoms with E-state index >= 15 is 0 Å². The van der Waals surface area contributed by atoms with Crippen LogP contribution < -0.4 is 5.32 Å². The van der Waals surface area contributed by atoms with E-state index < -0.39 is 12.7 Å². The average molecular weight is 328 g/mol. The Balaban J connectivity index is 1.69. The Morgan fingerprint density at radius 3 is 2.57 bits per heavy atom. The number of hydrogen-bond acceptors (Lipinski definition) is 2. The molecular formula is C18H27F3N2. The number of piperidine rings is 1. The first-order valence-electron chi connectivity index (χ1n) is 8.40. The van der Waals surface area contributed by atoms with Crippen LogP contribution in [0, 0.1) is 12.8 Å². The third kappa shape index (κ3) is 6.92. The van der Waals surface area contributed by atoms with Gasteiger partial charge in [0, 0.05) is 12.6 Å². The highest BCUT2D eigenvalue weighted by atomic mass is 19.4. The number of nitrogens with one attached hydrogen (secondary N) is 1. The molecule has 1 N–H and O–H groups in total. The number of nitrogens with zero attached hydrogens (tertiary/aromatic N) is 1. The normalized spacial score (nSPS) is 19.0. The molecule has 0 radical (unpaired) electrons. The second-order valence-corrected chi connectivity index (χ2v) is 6.84. The fourth-order valence-corrected chi connectivity index (χ4v) is 3.32. The SMILES string of the molecule is Cc1cccc(CN2CCC(CC(C)NCC(F)(F)F)CC2)c1. The number of alkyl halides is 3. The molecule has 0 aliphatic carbocycles. The number of benzene rings is 1. The summed E-state index contributed by atoms with van der Waals surface area (Å²) >= 11 is 0. The summed E-state index contributed by atoms with van der Waals surface area (Å²) < 4.78 is 36.6. The van der Waals surface area contributed by atoms with E-state index in [1.807, 2.05) is 6.92 Å². The monoisotopic (exact) mass is 328 g/mol. The van der Waals surface area contributed by atoms with Crippen LogP contribution in [-0.2, 0) is 6.54 Å². The Morgan fingerprint density at radius 2 is 1.96 bits per heavy atom. The van der Waals surface area contributed by atoms with Crippen molar-refractivity contribution in [3.8, 4) is 0 Å². The van der Waals surface area contributed by atoms with Gasteiger partial charge in [0.1, 0.15) is 0 Å². The highest BCUT2D eigenvalue weighted by Gasteiger charge is 2.28. The summed E-state index contributed by atoms with van der Waals surface area (Å²) in [7, 11) is 0. The fraction of sp³-hybridized carbons (Fsp3) is 0.667. The van der Waals surface area contributed by atoms with Gasteiger partial charge in [-0.1, -0.05) is 29.8 Å². The Kier molecular flexibility index (Phi) is 6.48. The number of rotatable bonds is 6. The van der Waals surface area contributed by atoms with Gasteiger partial charge in [-0.05, 0) is 57.7 Å². The van der Waals surface area contributed by atoms with E-state index in [4.69, 9.17) is 0 Å². The zero-order chi connectivity index (χ0) is 16.9. The maximum Gasteiger partial charge on any atom is 0.401 e. The van der Waals surface area contributed by atoms with Crippen LogP contribution in [0.5, 0.6) is 0 Å². The Bertz CT molecular complexity index is 479. The average Bonchev–Trinajstić information content (AvgIpc) is 2.47. The van der Waals surface area contributed by atoms with Gasteiger partial charge in [-0.25, -0.2) is 0 Å². The minimum atomic E-state index is -4.12. The molecule has 0 saturated carbocycles. The second-order valence-electron chi connectivity index (χ2n) is 6.84. The molecule has 2 rings (SSSR count). The lowest BCUT2D eigenvalue weighted by Gasteiger charge is -2.33. The summed E-state index contributed by atoms with van der Waals surface area (Å²) in [6, 6.07) is 8.48. The summed E-state index contributed by atoms with van der Waals surface area (Å²) in [6.07, 6.45) is -1.15. The van der Waals surface area contributed by atoms with Crippen molar-refractivity contribution in [2.45, 2.75) is 51.9 Å². The van der Waals surface area contributed by atoms with Crippen LogP contribution in [0.2, 0.25) is 0 Å². The van der Waals surface area contributed by atoms with Gasteiger partial charge < -0.3 is 5.32 Å². The van der Waals surface area contributed by atoms with Crippen molar-refractivity contribution >= 4 is 0 Å². The van der Waals surface area contributed by atoms with E-state index in [9.17, 15) is 13.2 Å². The summed E-state index contributed by atoms with van der Waals surface area (Å²) in [4.78, 5) is 2.44. The quantitative estimate of drug-likeness (QED) is 0.844. The first-order valence-corrected chi connectivity index (χ1v) is 8.40. The van der Waals surface area contributed by atoms with Gasteiger partial charge >= 0.3 is 6.18 Å². The minimum absolute atomic E-state index is 0.0788. The van der Waals surface area contributed by atoms with Gasteiger partial charge in [-0.3, -0.25) is 4.90 Å². The van der Waals surface area contributed by atoms with Crippen LogP contribution in [0.15, 0.2) is 24.3 Å². The summed E-state index contributed by atoms with van der Waals surface area (Å²) in [6.45, 7) is 6.10. The van der Waals surface area contributed by atoms with Crippen molar-refractivity contribution < 1.29 is 13.2 Å². The molecule has 0 amide bonds. The van der Waals surface area contributed by atoms with Crippen molar-refractivity contribution in [1.29, 1.82) is 0 Å². The van der Waals surface area contributed by atoms with Crippen LogP contribution >= 0.6 is 0 Å². The van der Waals surface area contributed by atoms with Gasteiger partial charge in [0.05, 0.1) is 6.54 Å². The predicted octanol–water partition coefficient (Wildman–Crippen LogP) is 4.14. The lowest BCUT2D eigenvalue weighted by atomic mass is 9.90. The molecule has 5 heteroatoms. The summed E-state index contributed by atoms with van der Waals surface area (Å²) in [5.74, 6) is 0.527. The molecule has 0 spiro atoms. The first kappa shape index (κ1) is 18.3. The molecule has 1 saturated heterocycles. The molecule has 130 valence electrons. The highest BCUT2D eigenvalue weighted by molar-refractivity contribution is 5.22. The van der Waals surface area contributed by atoms with Gasteiger partial charge in [0.15, 0.2) is 0 Å². The van der Waals surface area contributed by atoms with Gasteiger partial charge in [0.2, 0.25) is 0 Å². The number of likely N-dealkylation sites (tertiary alicyclic amines) is 1. The standard InChI is InChI=1S/C18H27F3N2/c1-14-4-3-5-17(10-14)12-23-8-6-16(7-9-23)11-15(2)22-13-18(19,20)21/h3-5,10,15-16,22H,6-9,11-13H2,1-2H3. The summed E-state index contributed by atoms with van der Waals surface area (Å²) in [5.41, 5.74) is 2.62. The van der Waals surface area contributed by atoms with Crippen molar-refractivity contribution in [3.05, 3.63) is 35.4 Å². The molecule has 1 aromatic carbocycles. The number of aryl methyl sites for hydroxylation is 1. The van der Waals surface area contributed by atoms with Gasteiger partial charge in [-0.2, -0.15) is 13.2 Å². The van der Waals surface area contributed by atoms with E-state index in [2.05, 4.69) is 41.4 Å². The highest BCUT2D eigenvalue weighted by Crippen LogP contribution is 2.23. The van der Waals surface area contributed by atoms with Crippen LogP contribution in [-0.4, -0.2) is 36.8 Å². The molecule has 1 aromatic rings. The van der Waals surface area contributed by atoms with E-state index in [1.54, 1.807) is 0 Å².